The largest absolute Gasteiger partial charge is 0.480 e. The summed E-state index contributed by atoms with van der Waals surface area (Å²) in [5, 5.41) is 8.72. The quantitative estimate of drug-likeness (QED) is 0.861. The van der Waals surface area contributed by atoms with E-state index in [0.717, 1.165) is 12.1 Å². The summed E-state index contributed by atoms with van der Waals surface area (Å²) >= 11 is 0. The van der Waals surface area contributed by atoms with Gasteiger partial charge in [-0.1, -0.05) is 0 Å². The predicted octanol–water partition coefficient (Wildman–Crippen LogP) is 3.14. The molecule has 1 N–H and O–H groups in total. The number of carbonyl (C=O) groups is 1. The zero-order valence-corrected chi connectivity index (χ0v) is 10.3. The Balaban J connectivity index is 3.16. The van der Waals surface area contributed by atoms with Crippen molar-refractivity contribution < 1.29 is 27.5 Å². The first kappa shape index (κ1) is 15.3. The van der Waals surface area contributed by atoms with Gasteiger partial charge in [0.2, 0.25) is 0 Å². The van der Waals surface area contributed by atoms with Crippen LogP contribution in [0.4, 0.5) is 23.2 Å². The summed E-state index contributed by atoms with van der Waals surface area (Å²) in [5.41, 5.74) is -1.27. The maximum absolute atomic E-state index is 13.7. The first-order valence-electron chi connectivity index (χ1n) is 5.48. The highest BCUT2D eigenvalue weighted by molar-refractivity contribution is 5.74. The second kappa shape index (κ2) is 5.46. The lowest BCUT2D eigenvalue weighted by Gasteiger charge is -2.27. The van der Waals surface area contributed by atoms with Gasteiger partial charge in [-0.25, -0.2) is 4.39 Å². The van der Waals surface area contributed by atoms with Gasteiger partial charge in [-0.15, -0.1) is 0 Å². The van der Waals surface area contributed by atoms with Crippen molar-refractivity contribution in [3.05, 3.63) is 29.6 Å². The molecule has 1 aromatic rings. The lowest BCUT2D eigenvalue weighted by molar-refractivity contribution is -0.138. The number of carboxylic acids is 1. The smallest absolute Gasteiger partial charge is 0.416 e. The number of anilines is 1. The van der Waals surface area contributed by atoms with E-state index < -0.39 is 30.1 Å². The molecule has 0 spiro atoms. The van der Waals surface area contributed by atoms with Crippen molar-refractivity contribution in [2.45, 2.75) is 26.1 Å². The molecular weight excluding hydrogens is 266 g/mol. The van der Waals surface area contributed by atoms with E-state index in [2.05, 4.69) is 0 Å². The molecule has 0 atom stereocenters. The standard InChI is InChI=1S/C12H13F4NO2/c1-7(2)17(6-11(18)19)10-4-3-8(5-9(10)13)12(14,15)16/h3-5,7H,6H2,1-2H3,(H,18,19). The van der Waals surface area contributed by atoms with Crippen LogP contribution < -0.4 is 4.90 Å². The van der Waals surface area contributed by atoms with Crippen LogP contribution in [0.15, 0.2) is 18.2 Å². The van der Waals surface area contributed by atoms with Crippen molar-refractivity contribution in [3.63, 3.8) is 0 Å². The molecule has 0 bridgehead atoms. The Morgan fingerprint density at radius 2 is 1.95 bits per heavy atom. The van der Waals surface area contributed by atoms with Gasteiger partial charge in [-0.3, -0.25) is 4.79 Å². The molecule has 0 radical (unpaired) electrons. The highest BCUT2D eigenvalue weighted by Crippen LogP contribution is 2.32. The summed E-state index contributed by atoms with van der Waals surface area (Å²) in [6, 6.07) is 1.69. The first-order chi connectivity index (χ1) is 8.62. The normalized spacial score (nSPS) is 11.7. The molecule has 0 amide bonds. The van der Waals surface area contributed by atoms with Crippen LogP contribution in [-0.2, 0) is 11.0 Å². The third-order valence-corrected chi connectivity index (χ3v) is 2.51. The Labute approximate surface area is 107 Å². The lowest BCUT2D eigenvalue weighted by Crippen LogP contribution is -2.36. The van der Waals surface area contributed by atoms with Gasteiger partial charge in [0.15, 0.2) is 0 Å². The first-order valence-corrected chi connectivity index (χ1v) is 5.48. The van der Waals surface area contributed by atoms with Gasteiger partial charge in [-0.05, 0) is 32.0 Å². The van der Waals surface area contributed by atoms with E-state index in [-0.39, 0.29) is 11.7 Å². The SMILES string of the molecule is CC(C)N(CC(=O)O)c1ccc(C(F)(F)F)cc1F. The van der Waals surface area contributed by atoms with Gasteiger partial charge in [0.05, 0.1) is 11.3 Å². The van der Waals surface area contributed by atoms with E-state index in [1.165, 1.54) is 4.90 Å². The molecule has 19 heavy (non-hydrogen) atoms. The topological polar surface area (TPSA) is 40.5 Å². The van der Waals surface area contributed by atoms with Crippen molar-refractivity contribution >= 4 is 11.7 Å². The van der Waals surface area contributed by atoms with Crippen LogP contribution in [-0.4, -0.2) is 23.7 Å². The average molecular weight is 279 g/mol. The maximum Gasteiger partial charge on any atom is 0.416 e. The van der Waals surface area contributed by atoms with Crippen molar-refractivity contribution in [2.24, 2.45) is 0 Å². The summed E-state index contributed by atoms with van der Waals surface area (Å²) in [6.45, 7) is 2.76. The van der Waals surface area contributed by atoms with Gasteiger partial charge in [0, 0.05) is 6.04 Å². The number of rotatable bonds is 4. The minimum Gasteiger partial charge on any atom is -0.480 e. The molecular formula is C12H13F4NO2. The summed E-state index contributed by atoms with van der Waals surface area (Å²) in [6.07, 6.45) is -4.63. The molecule has 0 fully saturated rings. The highest BCUT2D eigenvalue weighted by atomic mass is 19.4. The number of hydrogen-bond donors (Lipinski definition) is 1. The fourth-order valence-electron chi connectivity index (χ4n) is 1.61. The molecule has 0 unspecified atom stereocenters. The van der Waals surface area contributed by atoms with Crippen LogP contribution in [0, 0.1) is 5.82 Å². The number of carboxylic acid groups (broad SMARTS) is 1. The van der Waals surface area contributed by atoms with Crippen LogP contribution in [0.25, 0.3) is 0 Å². The van der Waals surface area contributed by atoms with E-state index in [0.29, 0.717) is 6.07 Å². The third kappa shape index (κ3) is 3.84. The third-order valence-electron chi connectivity index (χ3n) is 2.51. The van der Waals surface area contributed by atoms with E-state index >= 15 is 0 Å². The number of benzene rings is 1. The molecule has 0 aliphatic heterocycles. The van der Waals surface area contributed by atoms with E-state index in [1.54, 1.807) is 13.8 Å². The highest BCUT2D eigenvalue weighted by Gasteiger charge is 2.31. The summed E-state index contributed by atoms with van der Waals surface area (Å²) in [4.78, 5) is 11.9. The number of alkyl halides is 3. The molecule has 0 aliphatic carbocycles. The van der Waals surface area contributed by atoms with Crippen molar-refractivity contribution in [2.75, 3.05) is 11.4 Å². The molecule has 0 saturated heterocycles. The van der Waals surface area contributed by atoms with E-state index in [9.17, 15) is 22.4 Å². The van der Waals surface area contributed by atoms with Gasteiger partial charge in [0.1, 0.15) is 12.4 Å². The van der Waals surface area contributed by atoms with Gasteiger partial charge in [-0.2, -0.15) is 13.2 Å². The minimum atomic E-state index is -4.63. The van der Waals surface area contributed by atoms with Crippen molar-refractivity contribution in [1.82, 2.24) is 0 Å². The van der Waals surface area contributed by atoms with Gasteiger partial charge in [0.25, 0.3) is 0 Å². The molecule has 3 nitrogen and oxygen atoms in total. The summed E-state index contributed by atoms with van der Waals surface area (Å²) in [7, 11) is 0. The summed E-state index contributed by atoms with van der Waals surface area (Å²) in [5.74, 6) is -2.28. The monoisotopic (exact) mass is 279 g/mol. The second-order valence-electron chi connectivity index (χ2n) is 4.28. The maximum atomic E-state index is 13.7. The molecule has 0 saturated carbocycles. The molecule has 106 valence electrons. The van der Waals surface area contributed by atoms with Crippen LogP contribution in [0.2, 0.25) is 0 Å². The number of aliphatic carboxylic acids is 1. The number of halogens is 4. The fraction of sp³-hybridized carbons (Fsp3) is 0.417. The molecule has 0 aliphatic rings. The van der Waals surface area contributed by atoms with Crippen LogP contribution in [0.3, 0.4) is 0 Å². The van der Waals surface area contributed by atoms with Crippen LogP contribution >= 0.6 is 0 Å². The Hall–Kier alpha value is -1.79. The van der Waals surface area contributed by atoms with Crippen molar-refractivity contribution in [3.8, 4) is 0 Å². The zero-order valence-electron chi connectivity index (χ0n) is 10.3. The van der Waals surface area contributed by atoms with Crippen molar-refractivity contribution in [1.29, 1.82) is 0 Å². The van der Waals surface area contributed by atoms with Crippen LogP contribution in [0.1, 0.15) is 19.4 Å². The summed E-state index contributed by atoms with van der Waals surface area (Å²) < 4.78 is 50.9. The van der Waals surface area contributed by atoms with Crippen LogP contribution in [0.5, 0.6) is 0 Å². The Morgan fingerprint density at radius 1 is 1.37 bits per heavy atom. The van der Waals surface area contributed by atoms with E-state index in [4.69, 9.17) is 5.11 Å². The molecule has 0 aromatic heterocycles. The lowest BCUT2D eigenvalue weighted by atomic mass is 10.1. The molecule has 1 aromatic carbocycles. The Bertz CT molecular complexity index is 471. The fourth-order valence-corrected chi connectivity index (χ4v) is 1.61. The average Bonchev–Trinajstić information content (AvgIpc) is 2.24. The second-order valence-corrected chi connectivity index (χ2v) is 4.28. The molecule has 7 heteroatoms. The van der Waals surface area contributed by atoms with Gasteiger partial charge >= 0.3 is 12.1 Å². The number of hydrogen-bond acceptors (Lipinski definition) is 2. The Morgan fingerprint density at radius 3 is 2.32 bits per heavy atom. The number of nitrogens with zero attached hydrogens (tertiary/aromatic N) is 1. The Kier molecular flexibility index (Phi) is 4.39. The minimum absolute atomic E-state index is 0.162. The van der Waals surface area contributed by atoms with E-state index in [1.807, 2.05) is 0 Å². The van der Waals surface area contributed by atoms with Gasteiger partial charge < -0.3 is 10.0 Å². The zero-order chi connectivity index (χ0) is 14.8. The predicted molar refractivity (Wildman–Crippen MR) is 61.5 cm³/mol. The molecule has 0 heterocycles. The molecule has 1 rings (SSSR count).